The van der Waals surface area contributed by atoms with Crippen LogP contribution >= 0.6 is 11.6 Å². The number of hydrogen-bond acceptors (Lipinski definition) is 3. The molecular weight excluding hydrogens is 222 g/mol. The smallest absolute Gasteiger partial charge is 0.224 e. The summed E-state index contributed by atoms with van der Waals surface area (Å²) in [6.45, 7) is 2.25. The fourth-order valence-corrected chi connectivity index (χ4v) is 2.93. The zero-order valence-electron chi connectivity index (χ0n) is 9.38. The number of fused-ring (bicyclic) bond motifs is 1. The number of aromatic nitrogens is 2. The maximum absolute atomic E-state index is 6.00. The Morgan fingerprint density at radius 2 is 1.75 bits per heavy atom. The molecule has 2 aliphatic rings. The molecule has 2 heterocycles. The van der Waals surface area contributed by atoms with Gasteiger partial charge in [0, 0.05) is 18.7 Å². The number of aryl methyl sites for hydroxylation is 1. The van der Waals surface area contributed by atoms with Gasteiger partial charge in [0.1, 0.15) is 5.82 Å². The molecular formula is C12H16ClN3. The van der Waals surface area contributed by atoms with Crippen molar-refractivity contribution in [1.29, 1.82) is 0 Å². The van der Waals surface area contributed by atoms with E-state index in [0.717, 1.165) is 31.7 Å². The quantitative estimate of drug-likeness (QED) is 0.703. The summed E-state index contributed by atoms with van der Waals surface area (Å²) in [5.41, 5.74) is 2.53. The molecule has 0 radical (unpaired) electrons. The summed E-state index contributed by atoms with van der Waals surface area (Å²) in [4.78, 5) is 11.2. The van der Waals surface area contributed by atoms with Crippen LogP contribution in [0.3, 0.4) is 0 Å². The zero-order chi connectivity index (χ0) is 11.0. The normalized spacial score (nSPS) is 19.9. The summed E-state index contributed by atoms with van der Waals surface area (Å²) < 4.78 is 0. The van der Waals surface area contributed by atoms with Crippen molar-refractivity contribution in [3.63, 3.8) is 0 Å². The summed E-state index contributed by atoms with van der Waals surface area (Å²) in [7, 11) is 0. The fourth-order valence-electron chi connectivity index (χ4n) is 2.75. The van der Waals surface area contributed by atoms with Gasteiger partial charge in [-0.3, -0.25) is 0 Å². The highest BCUT2D eigenvalue weighted by Crippen LogP contribution is 2.31. The van der Waals surface area contributed by atoms with Crippen LogP contribution in [0.25, 0.3) is 0 Å². The molecule has 1 aliphatic heterocycles. The van der Waals surface area contributed by atoms with Gasteiger partial charge in [-0.25, -0.2) is 9.97 Å². The molecule has 16 heavy (non-hydrogen) atoms. The van der Waals surface area contributed by atoms with Crippen molar-refractivity contribution in [2.45, 2.75) is 38.5 Å². The Bertz CT molecular complexity index is 399. The molecule has 0 unspecified atom stereocenters. The van der Waals surface area contributed by atoms with Gasteiger partial charge in [0.25, 0.3) is 0 Å². The van der Waals surface area contributed by atoms with Crippen molar-refractivity contribution in [3.05, 3.63) is 16.5 Å². The number of piperidine rings is 1. The second-order valence-electron chi connectivity index (χ2n) is 4.64. The van der Waals surface area contributed by atoms with E-state index in [9.17, 15) is 0 Å². The largest absolute Gasteiger partial charge is 0.356 e. The minimum atomic E-state index is 0.418. The van der Waals surface area contributed by atoms with Crippen LogP contribution in [0, 0.1) is 0 Å². The Labute approximate surface area is 101 Å². The van der Waals surface area contributed by atoms with E-state index in [1.807, 2.05) is 0 Å². The standard InChI is InChI=1S/C12H16ClN3/c13-12-14-10-6-4-5-9(10)11(15-12)16-7-2-1-3-8-16/h1-8H2. The molecule has 3 rings (SSSR count). The van der Waals surface area contributed by atoms with Gasteiger partial charge in [0.05, 0.1) is 5.69 Å². The van der Waals surface area contributed by atoms with E-state index >= 15 is 0 Å². The first kappa shape index (κ1) is 10.3. The molecule has 1 aliphatic carbocycles. The first-order valence-electron chi connectivity index (χ1n) is 6.15. The average molecular weight is 238 g/mol. The number of rotatable bonds is 1. The Morgan fingerprint density at radius 3 is 2.56 bits per heavy atom. The van der Waals surface area contributed by atoms with Gasteiger partial charge in [-0.05, 0) is 50.1 Å². The maximum Gasteiger partial charge on any atom is 0.224 e. The van der Waals surface area contributed by atoms with Gasteiger partial charge in [-0.1, -0.05) is 0 Å². The van der Waals surface area contributed by atoms with Gasteiger partial charge in [-0.2, -0.15) is 0 Å². The summed E-state index contributed by atoms with van der Waals surface area (Å²) in [5, 5.41) is 0.418. The molecule has 3 nitrogen and oxygen atoms in total. The Hall–Kier alpha value is -0.830. The molecule has 1 aromatic rings. The predicted octanol–water partition coefficient (Wildman–Crippen LogP) is 2.61. The van der Waals surface area contributed by atoms with E-state index in [4.69, 9.17) is 11.6 Å². The van der Waals surface area contributed by atoms with Crippen molar-refractivity contribution < 1.29 is 0 Å². The molecule has 86 valence electrons. The van der Waals surface area contributed by atoms with Crippen LogP contribution in [0.5, 0.6) is 0 Å². The molecule has 0 aromatic carbocycles. The molecule has 1 aromatic heterocycles. The minimum Gasteiger partial charge on any atom is -0.356 e. The lowest BCUT2D eigenvalue weighted by Gasteiger charge is -2.29. The molecule has 0 N–H and O–H groups in total. The third kappa shape index (κ3) is 1.77. The van der Waals surface area contributed by atoms with E-state index in [2.05, 4.69) is 14.9 Å². The van der Waals surface area contributed by atoms with Crippen molar-refractivity contribution in [2.75, 3.05) is 18.0 Å². The third-order valence-corrected chi connectivity index (χ3v) is 3.71. The number of hydrogen-bond donors (Lipinski definition) is 0. The summed E-state index contributed by atoms with van der Waals surface area (Å²) in [6, 6.07) is 0. The predicted molar refractivity (Wildman–Crippen MR) is 65.1 cm³/mol. The van der Waals surface area contributed by atoms with E-state index in [1.165, 1.54) is 36.9 Å². The van der Waals surface area contributed by atoms with Crippen LogP contribution in [0.1, 0.15) is 36.9 Å². The van der Waals surface area contributed by atoms with Crippen LogP contribution in [0.2, 0.25) is 5.28 Å². The molecule has 1 fully saturated rings. The van der Waals surface area contributed by atoms with Gasteiger partial charge in [0.15, 0.2) is 0 Å². The zero-order valence-corrected chi connectivity index (χ0v) is 10.1. The molecule has 0 spiro atoms. The van der Waals surface area contributed by atoms with Gasteiger partial charge in [-0.15, -0.1) is 0 Å². The van der Waals surface area contributed by atoms with Crippen molar-refractivity contribution in [1.82, 2.24) is 9.97 Å². The highest BCUT2D eigenvalue weighted by molar-refractivity contribution is 6.28. The van der Waals surface area contributed by atoms with Crippen LogP contribution in [-0.4, -0.2) is 23.1 Å². The highest BCUT2D eigenvalue weighted by atomic mass is 35.5. The second kappa shape index (κ2) is 4.21. The van der Waals surface area contributed by atoms with Crippen LogP contribution < -0.4 is 4.90 Å². The van der Waals surface area contributed by atoms with Gasteiger partial charge in [0.2, 0.25) is 5.28 Å². The third-order valence-electron chi connectivity index (χ3n) is 3.54. The van der Waals surface area contributed by atoms with Crippen molar-refractivity contribution in [2.24, 2.45) is 0 Å². The van der Waals surface area contributed by atoms with E-state index in [-0.39, 0.29) is 0 Å². The summed E-state index contributed by atoms with van der Waals surface area (Å²) in [5.74, 6) is 1.12. The lowest BCUT2D eigenvalue weighted by atomic mass is 10.1. The summed E-state index contributed by atoms with van der Waals surface area (Å²) >= 11 is 6.00. The fraction of sp³-hybridized carbons (Fsp3) is 0.667. The van der Waals surface area contributed by atoms with Crippen molar-refractivity contribution >= 4 is 17.4 Å². The van der Waals surface area contributed by atoms with Gasteiger partial charge >= 0.3 is 0 Å². The average Bonchev–Trinajstić information content (AvgIpc) is 2.77. The molecule has 0 saturated carbocycles. The second-order valence-corrected chi connectivity index (χ2v) is 4.98. The minimum absolute atomic E-state index is 0.418. The summed E-state index contributed by atoms with van der Waals surface area (Å²) in [6.07, 6.45) is 7.28. The van der Waals surface area contributed by atoms with Crippen LogP contribution in [-0.2, 0) is 12.8 Å². The SMILES string of the molecule is Clc1nc2c(c(N3CCCCC3)n1)CCC2. The van der Waals surface area contributed by atoms with E-state index < -0.39 is 0 Å². The first-order chi connectivity index (χ1) is 7.84. The molecule has 0 amide bonds. The monoisotopic (exact) mass is 237 g/mol. The number of halogens is 1. The highest BCUT2D eigenvalue weighted by Gasteiger charge is 2.23. The molecule has 4 heteroatoms. The lowest BCUT2D eigenvalue weighted by Crippen LogP contribution is -2.31. The Balaban J connectivity index is 1.99. The Kier molecular flexibility index (Phi) is 2.72. The molecule has 1 saturated heterocycles. The van der Waals surface area contributed by atoms with Crippen molar-refractivity contribution in [3.8, 4) is 0 Å². The lowest BCUT2D eigenvalue weighted by molar-refractivity contribution is 0.571. The van der Waals surface area contributed by atoms with E-state index in [1.54, 1.807) is 0 Å². The molecule has 0 atom stereocenters. The number of anilines is 1. The first-order valence-corrected chi connectivity index (χ1v) is 6.52. The molecule has 0 bridgehead atoms. The Morgan fingerprint density at radius 1 is 0.938 bits per heavy atom. The number of nitrogens with zero attached hydrogens (tertiary/aromatic N) is 3. The van der Waals surface area contributed by atoms with Gasteiger partial charge < -0.3 is 4.90 Å². The maximum atomic E-state index is 6.00. The topological polar surface area (TPSA) is 29.0 Å². The van der Waals surface area contributed by atoms with E-state index in [0.29, 0.717) is 5.28 Å². The van der Waals surface area contributed by atoms with Crippen LogP contribution in [0.4, 0.5) is 5.82 Å². The van der Waals surface area contributed by atoms with Crippen LogP contribution in [0.15, 0.2) is 0 Å².